The standard InChI is InChI=1S/C16H26.C15H26.2C14H24.C14H26.C13H24.C11H20.C9H18.C8H14O2.14C2H6/c1-9(2)16(3)8-12-7-13(16)15-11-5-4-10(6-11)14(12)15;1-10(2)15(3)9-11-8-14(15)13-7-5-4-6-12(11)13;1-9(2)14(3)12-5-10-4-11(7-12)8-13(14)6-10;1-9(2)14(3)7-12-10-4-5-11(6-10)13(12)8-14;1-11(2)14(3)9-8-12-6-4-5-7-13(12)10-14;1-10(2)13(3)8-7-11-5-4-6-12(11)9-13;1-8(2)11(3)7-9-4-5-10(11)6-9;1-8(2)9(3)6-4-5-7-9;1-6(2)8(3)4-5-10-7(8)9;14*1-2/h9-15H,4-8H2,1-3H3;10-14H,4-9H2,1-3H3;2*9-13H,4-8H2,1-3H3;11-13H,4-10H2,1-3H3;10-12H,4-9H2,1-3H3;8-10H,4-7H2,1-3H3;8H,4-7H2,1-3H3;6H,4-5H2,1-3H3;14*1-2H3. The number of carbonyl (C=O) groups excluding carboxylic acids is 1. The van der Waals surface area contributed by atoms with E-state index in [2.05, 4.69) is 180 Å². The third kappa shape index (κ3) is 35.7. The molecule has 22 fully saturated rings. The maximum atomic E-state index is 11.1. The van der Waals surface area contributed by atoms with E-state index in [-0.39, 0.29) is 11.4 Å². The minimum atomic E-state index is -0.208. The zero-order chi connectivity index (χ0) is 112. The molecule has 21 saturated carbocycles. The second-order valence-electron chi connectivity index (χ2n) is 53.8. The molecule has 0 spiro atoms. The molecule has 144 heavy (non-hydrogen) atoms. The zero-order valence-corrected chi connectivity index (χ0v) is 111. The minimum absolute atomic E-state index is 0.0255. The van der Waals surface area contributed by atoms with Gasteiger partial charge in [-0.25, -0.2) is 0 Å². The fourth-order valence-electron chi connectivity index (χ4n) is 35.3. The van der Waals surface area contributed by atoms with Gasteiger partial charge in [-0.05, 0) is 445 Å². The average Bonchev–Trinajstić information content (AvgIpc) is 1.52. The monoisotopic (exact) mass is 2020 g/mol. The molecule has 26 unspecified atom stereocenters. The smallest absolute Gasteiger partial charge is 0.312 e. The van der Waals surface area contributed by atoms with Crippen LogP contribution in [0.3, 0.4) is 0 Å². The molecule has 0 aromatic carbocycles. The number of fused-ring (bicyclic) bond motifs is 23. The summed E-state index contributed by atoms with van der Waals surface area (Å²) in [6.45, 7) is 122. The maximum absolute atomic E-state index is 11.1. The van der Waals surface area contributed by atoms with E-state index >= 15 is 0 Å². The third-order valence-corrected chi connectivity index (χ3v) is 46.7. The van der Waals surface area contributed by atoms with Crippen molar-refractivity contribution in [1.82, 2.24) is 0 Å². The molecule has 1 heterocycles. The van der Waals surface area contributed by atoms with Crippen LogP contribution in [0.1, 0.15) is 657 Å². The maximum Gasteiger partial charge on any atom is 0.312 e. The molecule has 1 saturated heterocycles. The lowest BCUT2D eigenvalue weighted by molar-refractivity contribution is -0.147. The van der Waals surface area contributed by atoms with E-state index in [0.717, 1.165) is 178 Å². The Balaban J connectivity index is 0. The molecule has 22 rings (SSSR count). The van der Waals surface area contributed by atoms with E-state index in [9.17, 15) is 4.79 Å². The number of hydrogen-bond acceptors (Lipinski definition) is 2. The zero-order valence-electron chi connectivity index (χ0n) is 111. The fraction of sp³-hybridized carbons (Fsp3) is 0.993. The molecule has 14 bridgehead atoms. The van der Waals surface area contributed by atoms with Crippen molar-refractivity contribution in [2.24, 2.45) is 244 Å². The van der Waals surface area contributed by atoms with Gasteiger partial charge in [0, 0.05) is 0 Å². The Labute approximate surface area is 916 Å². The molecule has 2 nitrogen and oxygen atoms in total. The van der Waals surface area contributed by atoms with Crippen LogP contribution in [-0.4, -0.2) is 12.6 Å². The van der Waals surface area contributed by atoms with Gasteiger partial charge in [0.25, 0.3) is 0 Å². The predicted molar refractivity (Wildman–Crippen MR) is 659 cm³/mol. The number of carbonyl (C=O) groups is 1. The number of ether oxygens (including phenoxy) is 1. The number of hydrogen-bond donors (Lipinski definition) is 0. The summed E-state index contributed by atoms with van der Waals surface area (Å²) in [7, 11) is 0. The summed E-state index contributed by atoms with van der Waals surface area (Å²) in [6, 6.07) is 0. The van der Waals surface area contributed by atoms with Crippen LogP contribution in [0, 0.1) is 244 Å². The van der Waals surface area contributed by atoms with Crippen LogP contribution >= 0.6 is 0 Å². The summed E-state index contributed by atoms with van der Waals surface area (Å²) < 4.78 is 4.89. The van der Waals surface area contributed by atoms with E-state index in [1.54, 1.807) is 141 Å². The van der Waals surface area contributed by atoms with Gasteiger partial charge in [0.1, 0.15) is 0 Å². The van der Waals surface area contributed by atoms with Crippen molar-refractivity contribution in [1.29, 1.82) is 0 Å². The Morgan fingerprint density at radius 2 is 0.569 bits per heavy atom. The quantitative estimate of drug-likeness (QED) is 0.170. The molecule has 21 aliphatic carbocycles. The number of esters is 1. The van der Waals surface area contributed by atoms with Crippen molar-refractivity contribution < 1.29 is 9.53 Å². The minimum Gasteiger partial charge on any atom is -0.465 e. The molecule has 866 valence electrons. The molecule has 0 N–H and O–H groups in total. The van der Waals surface area contributed by atoms with E-state index in [4.69, 9.17) is 4.74 Å². The predicted octanol–water partition coefficient (Wildman–Crippen LogP) is 48.6. The van der Waals surface area contributed by atoms with Gasteiger partial charge < -0.3 is 4.74 Å². The first-order valence-corrected chi connectivity index (χ1v) is 67.7. The lowest BCUT2D eigenvalue weighted by Gasteiger charge is -2.62. The average molecular weight is 2030 g/mol. The molecule has 1 aliphatic heterocycles. The van der Waals surface area contributed by atoms with E-state index in [1.807, 2.05) is 201 Å². The lowest BCUT2D eigenvalue weighted by atomic mass is 9.43. The van der Waals surface area contributed by atoms with Crippen LogP contribution in [0.4, 0.5) is 0 Å². The van der Waals surface area contributed by atoms with Gasteiger partial charge >= 0.3 is 5.97 Å². The number of rotatable bonds is 9. The van der Waals surface area contributed by atoms with Crippen molar-refractivity contribution in [3.05, 3.63) is 0 Å². The second-order valence-corrected chi connectivity index (χ2v) is 53.8. The van der Waals surface area contributed by atoms with Crippen molar-refractivity contribution in [3.63, 3.8) is 0 Å². The van der Waals surface area contributed by atoms with E-state index in [0.29, 0.717) is 55.8 Å². The van der Waals surface area contributed by atoms with Crippen LogP contribution in [0.25, 0.3) is 0 Å². The Bertz CT molecular complexity index is 3060. The summed E-state index contributed by atoms with van der Waals surface area (Å²) in [5.41, 5.74) is 5.33. The highest BCUT2D eigenvalue weighted by atomic mass is 16.5. The van der Waals surface area contributed by atoms with Crippen LogP contribution in [0.15, 0.2) is 0 Å². The van der Waals surface area contributed by atoms with Crippen LogP contribution in [0.2, 0.25) is 0 Å². The lowest BCUT2D eigenvalue weighted by Crippen LogP contribution is -2.53. The summed E-state index contributed by atoms with van der Waals surface area (Å²) in [5, 5.41) is 0. The molecule has 0 aromatic heterocycles. The summed E-state index contributed by atoms with van der Waals surface area (Å²) in [4.78, 5) is 11.1. The normalized spacial score (nSPS) is 39.9. The second kappa shape index (κ2) is 71.0. The van der Waals surface area contributed by atoms with Gasteiger partial charge in [0.15, 0.2) is 0 Å². The fourth-order valence-corrected chi connectivity index (χ4v) is 35.3. The van der Waals surface area contributed by atoms with Crippen LogP contribution in [-0.2, 0) is 9.53 Å². The van der Waals surface area contributed by atoms with Gasteiger partial charge in [0.2, 0.25) is 0 Å². The Hall–Kier alpha value is -0.530. The third-order valence-electron chi connectivity index (χ3n) is 46.7. The molecular formula is C142H286O2. The first-order valence-electron chi connectivity index (χ1n) is 67.7. The largest absolute Gasteiger partial charge is 0.465 e. The van der Waals surface area contributed by atoms with Gasteiger partial charge in [0.05, 0.1) is 12.0 Å². The number of cyclic esters (lactones) is 1. The molecule has 22 aliphatic rings. The van der Waals surface area contributed by atoms with E-state index in [1.165, 1.54) is 146 Å². The van der Waals surface area contributed by atoms with Gasteiger partial charge in [-0.15, -0.1) is 0 Å². The molecule has 0 radical (unpaired) electrons. The van der Waals surface area contributed by atoms with Gasteiger partial charge in [-0.1, -0.05) is 451 Å². The summed E-state index contributed by atoms with van der Waals surface area (Å²) in [6.07, 6.45) is 65.7. The van der Waals surface area contributed by atoms with E-state index < -0.39 is 0 Å². The Morgan fingerprint density at radius 1 is 0.215 bits per heavy atom. The first kappa shape index (κ1) is 146. The molecule has 26 atom stereocenters. The molecule has 0 amide bonds. The summed E-state index contributed by atoms with van der Waals surface area (Å²) >= 11 is 0. The highest BCUT2D eigenvalue weighted by Crippen LogP contribution is 2.74. The van der Waals surface area contributed by atoms with Gasteiger partial charge in [-0.3, -0.25) is 4.79 Å². The van der Waals surface area contributed by atoms with Crippen molar-refractivity contribution >= 4 is 5.97 Å². The highest BCUT2D eigenvalue weighted by Gasteiger charge is 2.67. The van der Waals surface area contributed by atoms with Crippen molar-refractivity contribution in [2.45, 2.75) is 657 Å². The SMILES string of the molecule is CC.CC.CC.CC.CC.CC.CC.CC.CC.CC.CC.CC.CC.CC.CC(C)C1(C)C2CC3CC(C2)CC1C3.CC(C)C1(C)CC2C3CCC(C3)C2C1.CC(C)C1(C)CC2CC1C1C3CCC(C3)C21.CC(C)C1(C)CC2CC1C1CCCCC21.CC(C)C1(C)CC2CCC1C2.CC(C)C1(C)CCC2CCCC2C1.CC(C)C1(C)CCC2CCCCC2C1.CC(C)C1(C)CCCC1.CC(C)C1(C)CCOC1=O. The molecule has 0 aromatic rings. The van der Waals surface area contributed by atoms with Crippen molar-refractivity contribution in [3.8, 4) is 0 Å². The Kier molecular flexibility index (Phi) is 71.7. The van der Waals surface area contributed by atoms with Crippen LogP contribution < -0.4 is 0 Å². The van der Waals surface area contributed by atoms with Crippen LogP contribution in [0.5, 0.6) is 0 Å². The highest BCUT2D eigenvalue weighted by molar-refractivity contribution is 5.78. The Morgan fingerprint density at radius 3 is 0.924 bits per heavy atom. The van der Waals surface area contributed by atoms with Crippen molar-refractivity contribution in [2.75, 3.05) is 6.61 Å². The topological polar surface area (TPSA) is 26.3 Å². The first-order chi connectivity index (χ1) is 68.5. The van der Waals surface area contributed by atoms with Gasteiger partial charge in [-0.2, -0.15) is 0 Å². The molecular weight excluding hydrogens is 1740 g/mol. The summed E-state index contributed by atoms with van der Waals surface area (Å²) in [5.74, 6) is 34.5. The molecule has 2 heteroatoms.